The molecule has 0 amide bonds. The SMILES string of the molecule is NS(=O)(=O)c1cc(Br)cc(Cl)c1OCC1CCCC1. The molecule has 4 nitrogen and oxygen atoms in total. The second-order valence-electron chi connectivity index (χ2n) is 4.72. The van der Waals surface area contributed by atoms with Crippen LogP contribution in [0.4, 0.5) is 0 Å². The molecule has 2 rings (SSSR count). The van der Waals surface area contributed by atoms with Gasteiger partial charge < -0.3 is 4.74 Å². The molecule has 2 N–H and O–H groups in total. The van der Waals surface area contributed by atoms with Crippen molar-refractivity contribution < 1.29 is 13.2 Å². The zero-order valence-electron chi connectivity index (χ0n) is 10.2. The summed E-state index contributed by atoms with van der Waals surface area (Å²) in [5.41, 5.74) is 0. The summed E-state index contributed by atoms with van der Waals surface area (Å²) >= 11 is 9.25. The van der Waals surface area contributed by atoms with Gasteiger partial charge in [0.15, 0.2) is 5.75 Å². The van der Waals surface area contributed by atoms with Gasteiger partial charge >= 0.3 is 0 Å². The Hall–Kier alpha value is -0.300. The largest absolute Gasteiger partial charge is 0.490 e. The number of primary sulfonamides is 1. The minimum Gasteiger partial charge on any atom is -0.490 e. The smallest absolute Gasteiger partial charge is 0.241 e. The Morgan fingerprint density at radius 2 is 2.00 bits per heavy atom. The van der Waals surface area contributed by atoms with Crippen LogP contribution in [0.2, 0.25) is 5.02 Å². The number of hydrogen-bond acceptors (Lipinski definition) is 3. The molecule has 1 aromatic rings. The standard InChI is InChI=1S/C12H15BrClNO3S/c13-9-5-10(14)12(11(6-9)19(15,16)17)18-7-8-3-1-2-4-8/h5-6,8H,1-4,7H2,(H2,15,16,17). The van der Waals surface area contributed by atoms with E-state index in [4.69, 9.17) is 21.5 Å². The first-order chi connectivity index (χ1) is 8.88. The predicted molar refractivity (Wildman–Crippen MR) is 78.0 cm³/mol. The molecule has 1 aliphatic rings. The van der Waals surface area contributed by atoms with Crippen molar-refractivity contribution in [3.63, 3.8) is 0 Å². The van der Waals surface area contributed by atoms with Crippen LogP contribution in [0.3, 0.4) is 0 Å². The zero-order valence-corrected chi connectivity index (χ0v) is 13.4. The molecular formula is C12H15BrClNO3S. The van der Waals surface area contributed by atoms with E-state index < -0.39 is 10.0 Å². The van der Waals surface area contributed by atoms with Crippen LogP contribution >= 0.6 is 27.5 Å². The van der Waals surface area contributed by atoms with Crippen LogP contribution in [-0.2, 0) is 10.0 Å². The van der Waals surface area contributed by atoms with Crippen molar-refractivity contribution in [3.05, 3.63) is 21.6 Å². The zero-order chi connectivity index (χ0) is 14.0. The number of sulfonamides is 1. The van der Waals surface area contributed by atoms with E-state index in [0.717, 1.165) is 12.8 Å². The summed E-state index contributed by atoms with van der Waals surface area (Å²) in [7, 11) is -3.86. The summed E-state index contributed by atoms with van der Waals surface area (Å²) in [4.78, 5) is -0.0788. The highest BCUT2D eigenvalue weighted by atomic mass is 79.9. The van der Waals surface area contributed by atoms with Crippen LogP contribution in [0.25, 0.3) is 0 Å². The van der Waals surface area contributed by atoms with Crippen molar-refractivity contribution in [2.75, 3.05) is 6.61 Å². The molecule has 0 atom stereocenters. The molecular weight excluding hydrogens is 354 g/mol. The molecule has 0 unspecified atom stereocenters. The van der Waals surface area contributed by atoms with Gasteiger partial charge in [0.2, 0.25) is 10.0 Å². The minimum absolute atomic E-state index is 0.0788. The van der Waals surface area contributed by atoms with Gasteiger partial charge in [-0.15, -0.1) is 0 Å². The van der Waals surface area contributed by atoms with E-state index in [9.17, 15) is 8.42 Å². The lowest BCUT2D eigenvalue weighted by atomic mass is 10.1. The monoisotopic (exact) mass is 367 g/mol. The maximum Gasteiger partial charge on any atom is 0.241 e. The maximum atomic E-state index is 11.6. The first kappa shape index (κ1) is 15.1. The summed E-state index contributed by atoms with van der Waals surface area (Å²) in [6, 6.07) is 3.01. The summed E-state index contributed by atoms with van der Waals surface area (Å²) < 4.78 is 29.3. The van der Waals surface area contributed by atoms with E-state index >= 15 is 0 Å². The van der Waals surface area contributed by atoms with Gasteiger partial charge in [0.05, 0.1) is 11.6 Å². The highest BCUT2D eigenvalue weighted by Crippen LogP contribution is 2.36. The van der Waals surface area contributed by atoms with Gasteiger partial charge in [-0.05, 0) is 30.9 Å². The first-order valence-electron chi connectivity index (χ1n) is 6.02. The second kappa shape index (κ2) is 5.99. The van der Waals surface area contributed by atoms with Crippen LogP contribution in [0, 0.1) is 5.92 Å². The van der Waals surface area contributed by atoms with E-state index in [2.05, 4.69) is 15.9 Å². The molecule has 7 heteroatoms. The van der Waals surface area contributed by atoms with Gasteiger partial charge in [-0.25, -0.2) is 13.6 Å². The van der Waals surface area contributed by atoms with Crippen molar-refractivity contribution in [2.45, 2.75) is 30.6 Å². The molecule has 0 radical (unpaired) electrons. The van der Waals surface area contributed by atoms with Crippen LogP contribution in [0.5, 0.6) is 5.75 Å². The minimum atomic E-state index is -3.86. The fourth-order valence-electron chi connectivity index (χ4n) is 2.27. The van der Waals surface area contributed by atoms with Gasteiger partial charge in [0.25, 0.3) is 0 Å². The van der Waals surface area contributed by atoms with Crippen molar-refractivity contribution in [1.82, 2.24) is 0 Å². The number of rotatable bonds is 4. The van der Waals surface area contributed by atoms with Gasteiger partial charge in [-0.1, -0.05) is 40.4 Å². The van der Waals surface area contributed by atoms with Crippen molar-refractivity contribution in [3.8, 4) is 5.75 Å². The Morgan fingerprint density at radius 3 is 2.58 bits per heavy atom. The van der Waals surface area contributed by atoms with Crippen molar-refractivity contribution >= 4 is 37.6 Å². The molecule has 0 bridgehead atoms. The molecule has 1 aliphatic carbocycles. The molecule has 0 spiro atoms. The van der Waals surface area contributed by atoms with E-state index in [1.807, 2.05) is 0 Å². The highest BCUT2D eigenvalue weighted by molar-refractivity contribution is 9.10. The van der Waals surface area contributed by atoms with Gasteiger partial charge in [-0.3, -0.25) is 0 Å². The van der Waals surface area contributed by atoms with E-state index in [1.165, 1.54) is 18.9 Å². The third-order valence-electron chi connectivity index (χ3n) is 3.22. The summed E-state index contributed by atoms with van der Waals surface area (Å²) in [5.74, 6) is 0.618. The van der Waals surface area contributed by atoms with E-state index in [0.29, 0.717) is 17.0 Å². The third kappa shape index (κ3) is 3.84. The molecule has 19 heavy (non-hydrogen) atoms. The molecule has 1 fully saturated rings. The molecule has 1 aromatic carbocycles. The Morgan fingerprint density at radius 1 is 1.37 bits per heavy atom. The number of nitrogens with two attached hydrogens (primary N) is 1. The fraction of sp³-hybridized carbons (Fsp3) is 0.500. The Bertz CT molecular complexity index is 571. The first-order valence-corrected chi connectivity index (χ1v) is 8.74. The van der Waals surface area contributed by atoms with Gasteiger partial charge in [-0.2, -0.15) is 0 Å². The molecule has 0 heterocycles. The number of ether oxygens (including phenoxy) is 1. The lowest BCUT2D eigenvalue weighted by Gasteiger charge is -2.15. The predicted octanol–water partition coefficient (Wildman–Crippen LogP) is 3.32. The number of halogens is 2. The summed E-state index contributed by atoms with van der Waals surface area (Å²) in [6.45, 7) is 0.476. The quantitative estimate of drug-likeness (QED) is 0.886. The Kier molecular flexibility index (Phi) is 4.76. The Balaban J connectivity index is 2.27. The van der Waals surface area contributed by atoms with E-state index in [-0.39, 0.29) is 15.7 Å². The molecule has 0 saturated heterocycles. The van der Waals surface area contributed by atoms with Crippen molar-refractivity contribution in [2.24, 2.45) is 11.1 Å². The summed E-state index contributed by atoms with van der Waals surface area (Å²) in [6.07, 6.45) is 4.62. The maximum absolute atomic E-state index is 11.6. The van der Waals surface area contributed by atoms with Crippen LogP contribution in [0.1, 0.15) is 25.7 Å². The lowest BCUT2D eigenvalue weighted by molar-refractivity contribution is 0.246. The average Bonchev–Trinajstić information content (AvgIpc) is 2.78. The molecule has 0 aliphatic heterocycles. The fourth-order valence-corrected chi connectivity index (χ4v) is 4.06. The number of benzene rings is 1. The average molecular weight is 369 g/mol. The molecule has 1 saturated carbocycles. The van der Waals surface area contributed by atoms with Crippen LogP contribution < -0.4 is 9.88 Å². The second-order valence-corrected chi connectivity index (χ2v) is 7.57. The normalized spacial score (nSPS) is 16.8. The highest BCUT2D eigenvalue weighted by Gasteiger charge is 2.22. The van der Waals surface area contributed by atoms with Crippen LogP contribution in [0.15, 0.2) is 21.5 Å². The topological polar surface area (TPSA) is 69.4 Å². The van der Waals surface area contributed by atoms with Gasteiger partial charge in [0, 0.05) is 4.47 Å². The lowest BCUT2D eigenvalue weighted by Crippen LogP contribution is -2.16. The van der Waals surface area contributed by atoms with Gasteiger partial charge in [0.1, 0.15) is 4.90 Å². The molecule has 106 valence electrons. The van der Waals surface area contributed by atoms with Crippen LogP contribution in [-0.4, -0.2) is 15.0 Å². The van der Waals surface area contributed by atoms with Crippen molar-refractivity contribution in [1.29, 1.82) is 0 Å². The Labute approximate surface area is 126 Å². The third-order valence-corrected chi connectivity index (χ3v) is 4.87. The molecule has 0 aromatic heterocycles. The number of hydrogen-bond donors (Lipinski definition) is 1. The summed E-state index contributed by atoms with van der Waals surface area (Å²) in [5, 5.41) is 5.44. The van der Waals surface area contributed by atoms with E-state index in [1.54, 1.807) is 6.07 Å².